The molecule has 1 aliphatic rings. The fraction of sp³-hybridized carbons (Fsp3) is 0.143. The van der Waals surface area contributed by atoms with Gasteiger partial charge in [0.05, 0.1) is 24.1 Å². The van der Waals surface area contributed by atoms with Crippen LogP contribution >= 0.6 is 0 Å². The molecule has 1 aliphatic heterocycles. The second kappa shape index (κ2) is 7.75. The average molecular weight is 364 g/mol. The van der Waals surface area contributed by atoms with E-state index in [-0.39, 0.29) is 12.5 Å². The number of ether oxygens (including phenoxy) is 2. The molecule has 0 spiro atoms. The van der Waals surface area contributed by atoms with Crippen LogP contribution in [-0.2, 0) is 4.79 Å². The minimum absolute atomic E-state index is 0.129. The van der Waals surface area contributed by atoms with Crippen LogP contribution in [0.1, 0.15) is 12.5 Å². The monoisotopic (exact) mass is 364 g/mol. The third kappa shape index (κ3) is 3.82. The van der Waals surface area contributed by atoms with Gasteiger partial charge in [0.25, 0.3) is 5.91 Å². The summed E-state index contributed by atoms with van der Waals surface area (Å²) in [7, 11) is 1.52. The Morgan fingerprint density at radius 2 is 2.07 bits per heavy atom. The summed E-state index contributed by atoms with van der Waals surface area (Å²) < 4.78 is 24.2. The number of carbonyl (C=O) groups excluding carboxylic acids is 1. The molecule has 1 heterocycles. The molecule has 2 aromatic rings. The predicted octanol–water partition coefficient (Wildman–Crippen LogP) is 3.65. The highest BCUT2D eigenvalue weighted by Gasteiger charge is 2.28. The molecule has 0 saturated carbocycles. The van der Waals surface area contributed by atoms with Gasteiger partial charge in [0.1, 0.15) is 12.4 Å². The van der Waals surface area contributed by atoms with Crippen molar-refractivity contribution in [2.75, 3.05) is 18.7 Å². The normalized spacial score (nSPS) is 14.9. The van der Waals surface area contributed by atoms with Gasteiger partial charge in [0, 0.05) is 0 Å². The van der Waals surface area contributed by atoms with Gasteiger partial charge in [-0.05, 0) is 48.9 Å². The fourth-order valence-corrected chi connectivity index (χ4v) is 2.65. The standard InChI is InChI=1S/C21H17FN2O3/c1-4-10-27-19-9-8-15(12-20(19)26-3)11-18-14(2)23-24(21(18)25)17-7-5-6-16(22)13-17/h1,5-9,11-13H,10H2,2-3H3/b18-11-. The molecule has 0 atom stereocenters. The number of terminal acetylenes is 1. The van der Waals surface area contributed by atoms with Crippen molar-refractivity contribution in [1.82, 2.24) is 0 Å². The fourth-order valence-electron chi connectivity index (χ4n) is 2.65. The lowest BCUT2D eigenvalue weighted by Crippen LogP contribution is -2.21. The molecular weight excluding hydrogens is 347 g/mol. The molecule has 0 N–H and O–H groups in total. The number of hydrogen-bond acceptors (Lipinski definition) is 4. The van der Waals surface area contributed by atoms with Crippen molar-refractivity contribution in [3.63, 3.8) is 0 Å². The highest BCUT2D eigenvalue weighted by molar-refractivity contribution is 6.32. The number of rotatable bonds is 5. The average Bonchev–Trinajstić information content (AvgIpc) is 2.95. The number of benzene rings is 2. The van der Waals surface area contributed by atoms with Gasteiger partial charge in [-0.15, -0.1) is 6.42 Å². The van der Waals surface area contributed by atoms with Crippen LogP contribution in [0.3, 0.4) is 0 Å². The summed E-state index contributed by atoms with van der Waals surface area (Å²) in [6, 6.07) is 11.0. The van der Waals surface area contributed by atoms with Crippen molar-refractivity contribution < 1.29 is 18.7 Å². The van der Waals surface area contributed by atoms with Crippen LogP contribution in [0.5, 0.6) is 11.5 Å². The number of carbonyl (C=O) groups is 1. The Kier molecular flexibility index (Phi) is 5.23. The Hall–Kier alpha value is -3.59. The van der Waals surface area contributed by atoms with Crippen LogP contribution in [0.25, 0.3) is 6.08 Å². The van der Waals surface area contributed by atoms with Gasteiger partial charge in [-0.25, -0.2) is 4.39 Å². The molecule has 0 unspecified atom stereocenters. The minimum atomic E-state index is -0.433. The summed E-state index contributed by atoms with van der Waals surface area (Å²) in [5.41, 5.74) is 2.06. The molecule has 136 valence electrons. The molecule has 6 heteroatoms. The first-order chi connectivity index (χ1) is 13.0. The zero-order valence-corrected chi connectivity index (χ0v) is 14.9. The summed E-state index contributed by atoms with van der Waals surface area (Å²) in [5, 5.41) is 5.43. The zero-order chi connectivity index (χ0) is 19.4. The Morgan fingerprint density at radius 1 is 1.26 bits per heavy atom. The van der Waals surface area contributed by atoms with E-state index in [1.54, 1.807) is 37.3 Å². The van der Waals surface area contributed by atoms with Gasteiger partial charge in [-0.1, -0.05) is 18.1 Å². The summed E-state index contributed by atoms with van der Waals surface area (Å²) in [5.74, 6) is 2.65. The molecular formula is C21H17FN2O3. The van der Waals surface area contributed by atoms with E-state index < -0.39 is 5.82 Å². The van der Waals surface area contributed by atoms with E-state index in [2.05, 4.69) is 11.0 Å². The molecule has 0 aliphatic carbocycles. The van der Waals surface area contributed by atoms with E-state index in [0.717, 1.165) is 5.56 Å². The van der Waals surface area contributed by atoms with Crippen molar-refractivity contribution in [2.24, 2.45) is 5.10 Å². The first kappa shape index (κ1) is 18.2. The molecule has 0 bridgehead atoms. The highest BCUT2D eigenvalue weighted by atomic mass is 19.1. The van der Waals surface area contributed by atoms with E-state index >= 15 is 0 Å². The van der Waals surface area contributed by atoms with Crippen molar-refractivity contribution in [2.45, 2.75) is 6.92 Å². The largest absolute Gasteiger partial charge is 0.493 e. The number of amides is 1. The van der Waals surface area contributed by atoms with Crippen LogP contribution < -0.4 is 14.5 Å². The van der Waals surface area contributed by atoms with Gasteiger partial charge in [-0.3, -0.25) is 4.79 Å². The summed E-state index contributed by atoms with van der Waals surface area (Å²) in [6.07, 6.45) is 6.91. The Balaban J connectivity index is 1.90. The van der Waals surface area contributed by atoms with E-state index in [9.17, 15) is 9.18 Å². The maximum Gasteiger partial charge on any atom is 0.280 e. The number of anilines is 1. The lowest BCUT2D eigenvalue weighted by molar-refractivity contribution is -0.114. The van der Waals surface area contributed by atoms with Crippen molar-refractivity contribution in [3.05, 3.63) is 59.4 Å². The summed E-state index contributed by atoms with van der Waals surface area (Å²) >= 11 is 0. The van der Waals surface area contributed by atoms with Gasteiger partial charge in [-0.2, -0.15) is 10.1 Å². The Morgan fingerprint density at radius 3 is 2.78 bits per heavy atom. The SMILES string of the molecule is C#CCOc1ccc(/C=C2\C(=O)N(c3cccc(F)c3)N=C2C)cc1OC. The lowest BCUT2D eigenvalue weighted by atomic mass is 10.1. The van der Waals surface area contributed by atoms with Crippen LogP contribution in [0.15, 0.2) is 53.1 Å². The molecule has 5 nitrogen and oxygen atoms in total. The summed E-state index contributed by atoms with van der Waals surface area (Å²) in [6.45, 7) is 1.86. The zero-order valence-electron chi connectivity index (χ0n) is 14.9. The molecule has 3 rings (SSSR count). The molecule has 0 fully saturated rings. The third-order valence-electron chi connectivity index (χ3n) is 3.93. The van der Waals surface area contributed by atoms with Crippen LogP contribution in [0.4, 0.5) is 10.1 Å². The smallest absolute Gasteiger partial charge is 0.280 e. The molecule has 0 radical (unpaired) electrons. The predicted molar refractivity (Wildman–Crippen MR) is 102 cm³/mol. The topological polar surface area (TPSA) is 51.1 Å². The third-order valence-corrected chi connectivity index (χ3v) is 3.93. The maximum atomic E-state index is 13.5. The second-order valence-electron chi connectivity index (χ2n) is 5.74. The highest BCUT2D eigenvalue weighted by Crippen LogP contribution is 2.30. The van der Waals surface area contributed by atoms with E-state index in [1.165, 1.54) is 30.3 Å². The van der Waals surface area contributed by atoms with Crippen LogP contribution in [0, 0.1) is 18.2 Å². The second-order valence-corrected chi connectivity index (χ2v) is 5.74. The van der Waals surface area contributed by atoms with E-state index in [4.69, 9.17) is 15.9 Å². The first-order valence-corrected chi connectivity index (χ1v) is 8.15. The van der Waals surface area contributed by atoms with Gasteiger partial charge in [0.15, 0.2) is 11.5 Å². The number of hydrogen-bond donors (Lipinski definition) is 0. The van der Waals surface area contributed by atoms with Gasteiger partial charge >= 0.3 is 0 Å². The summed E-state index contributed by atoms with van der Waals surface area (Å²) in [4.78, 5) is 12.7. The van der Waals surface area contributed by atoms with Gasteiger partial charge in [0.2, 0.25) is 0 Å². The van der Waals surface area contributed by atoms with Crippen molar-refractivity contribution in [1.29, 1.82) is 0 Å². The maximum absolute atomic E-state index is 13.5. The lowest BCUT2D eigenvalue weighted by Gasteiger charge is -2.12. The first-order valence-electron chi connectivity index (χ1n) is 8.15. The van der Waals surface area contributed by atoms with E-state index in [0.29, 0.717) is 28.5 Å². The number of hydrazone groups is 1. The molecule has 1 amide bonds. The van der Waals surface area contributed by atoms with Gasteiger partial charge < -0.3 is 9.47 Å². The van der Waals surface area contributed by atoms with Crippen LogP contribution in [0.2, 0.25) is 0 Å². The molecule has 0 saturated heterocycles. The number of halogens is 1. The Labute approximate surface area is 156 Å². The molecule has 2 aromatic carbocycles. The van der Waals surface area contributed by atoms with Crippen molar-refractivity contribution >= 4 is 23.4 Å². The molecule has 27 heavy (non-hydrogen) atoms. The van der Waals surface area contributed by atoms with Crippen LogP contribution in [-0.4, -0.2) is 25.3 Å². The number of methoxy groups -OCH3 is 1. The Bertz CT molecular complexity index is 989. The molecule has 0 aromatic heterocycles. The number of nitrogens with zero attached hydrogens (tertiary/aromatic N) is 2. The van der Waals surface area contributed by atoms with E-state index in [1.807, 2.05) is 0 Å². The minimum Gasteiger partial charge on any atom is -0.493 e. The quantitative estimate of drug-likeness (QED) is 0.601. The van der Waals surface area contributed by atoms with Crippen molar-refractivity contribution in [3.8, 4) is 23.8 Å².